The predicted molar refractivity (Wildman–Crippen MR) is 69.9 cm³/mol. The van der Waals surface area contributed by atoms with E-state index in [0.717, 1.165) is 44.9 Å². The fraction of sp³-hybridized carbons (Fsp3) is 0.769. The molecule has 1 heterocycles. The zero-order chi connectivity index (χ0) is 12.5. The summed E-state index contributed by atoms with van der Waals surface area (Å²) in [5.41, 5.74) is 0. The molecule has 1 aromatic heterocycles. The maximum absolute atomic E-state index is 5.48. The van der Waals surface area contributed by atoms with Gasteiger partial charge >= 0.3 is 0 Å². The fourth-order valence-corrected chi connectivity index (χ4v) is 1.67. The topological polar surface area (TPSA) is 39.1 Å². The van der Waals surface area contributed by atoms with E-state index in [1.165, 1.54) is 0 Å². The summed E-state index contributed by atoms with van der Waals surface area (Å²) in [5.74, 6) is 1.12. The molecule has 0 aliphatic heterocycles. The lowest BCUT2D eigenvalue weighted by molar-refractivity contribution is 0.0770. The molecule has 0 aliphatic rings. The van der Waals surface area contributed by atoms with Crippen LogP contribution in [0.3, 0.4) is 0 Å². The third-order valence-corrected chi connectivity index (χ3v) is 2.50. The van der Waals surface area contributed by atoms with Gasteiger partial charge in [0.25, 0.3) is 0 Å². The normalized spacial score (nSPS) is 11.3. The molecule has 0 spiro atoms. The number of hydrogen-bond donors (Lipinski definition) is 1. The minimum Gasteiger partial charge on any atom is -0.379 e. The van der Waals surface area contributed by atoms with E-state index < -0.39 is 0 Å². The Hall–Kier alpha value is -0.870. The summed E-state index contributed by atoms with van der Waals surface area (Å²) in [6.07, 6.45) is 6.44. The number of imidazole rings is 1. The summed E-state index contributed by atoms with van der Waals surface area (Å²) in [4.78, 5) is 4.35. The SMILES string of the molecule is CCCn1ccnc1CNCCCOC(C)C. The van der Waals surface area contributed by atoms with Crippen LogP contribution in [0, 0.1) is 0 Å². The van der Waals surface area contributed by atoms with Crippen molar-refractivity contribution < 1.29 is 4.74 Å². The lowest BCUT2D eigenvalue weighted by Crippen LogP contribution is -2.20. The highest BCUT2D eigenvalue weighted by atomic mass is 16.5. The number of aromatic nitrogens is 2. The van der Waals surface area contributed by atoms with E-state index in [2.05, 4.69) is 35.6 Å². The highest BCUT2D eigenvalue weighted by Crippen LogP contribution is 1.99. The van der Waals surface area contributed by atoms with Gasteiger partial charge in [-0.2, -0.15) is 0 Å². The van der Waals surface area contributed by atoms with Crippen LogP contribution in [0.4, 0.5) is 0 Å². The Balaban J connectivity index is 2.11. The minimum atomic E-state index is 0.332. The molecule has 0 radical (unpaired) electrons. The Labute approximate surface area is 104 Å². The molecule has 0 unspecified atom stereocenters. The first-order chi connectivity index (χ1) is 8.24. The van der Waals surface area contributed by atoms with Crippen LogP contribution in [0.1, 0.15) is 39.4 Å². The maximum atomic E-state index is 5.48. The van der Waals surface area contributed by atoms with Crippen LogP contribution in [-0.4, -0.2) is 28.8 Å². The fourth-order valence-electron chi connectivity index (χ4n) is 1.67. The van der Waals surface area contributed by atoms with Crippen molar-refractivity contribution in [2.45, 2.75) is 52.8 Å². The van der Waals surface area contributed by atoms with Crippen LogP contribution in [0.5, 0.6) is 0 Å². The van der Waals surface area contributed by atoms with Gasteiger partial charge in [0, 0.05) is 25.5 Å². The summed E-state index contributed by atoms with van der Waals surface area (Å²) in [7, 11) is 0. The summed E-state index contributed by atoms with van der Waals surface area (Å²) in [6.45, 7) is 10.0. The maximum Gasteiger partial charge on any atom is 0.122 e. The van der Waals surface area contributed by atoms with E-state index >= 15 is 0 Å². The number of aryl methyl sites for hydroxylation is 1. The van der Waals surface area contributed by atoms with E-state index in [9.17, 15) is 0 Å². The standard InChI is InChI=1S/C13H25N3O/c1-4-8-16-9-7-15-13(16)11-14-6-5-10-17-12(2)3/h7,9,12,14H,4-6,8,10-11H2,1-3H3. The largest absolute Gasteiger partial charge is 0.379 e. The van der Waals surface area contributed by atoms with Crippen molar-refractivity contribution >= 4 is 0 Å². The van der Waals surface area contributed by atoms with Crippen LogP contribution < -0.4 is 5.32 Å². The Morgan fingerprint density at radius 1 is 1.47 bits per heavy atom. The molecule has 0 atom stereocenters. The van der Waals surface area contributed by atoms with Crippen molar-refractivity contribution in [3.63, 3.8) is 0 Å². The van der Waals surface area contributed by atoms with E-state index in [1.54, 1.807) is 0 Å². The summed E-state index contributed by atoms with van der Waals surface area (Å²) < 4.78 is 7.69. The lowest BCUT2D eigenvalue weighted by Gasteiger charge is -2.09. The third kappa shape index (κ3) is 5.84. The molecule has 0 amide bonds. The minimum absolute atomic E-state index is 0.332. The second-order valence-corrected chi connectivity index (χ2v) is 4.49. The van der Waals surface area contributed by atoms with Crippen molar-refractivity contribution in [2.24, 2.45) is 0 Å². The molecule has 0 saturated heterocycles. The second-order valence-electron chi connectivity index (χ2n) is 4.49. The van der Waals surface area contributed by atoms with Gasteiger partial charge in [0.05, 0.1) is 12.6 Å². The van der Waals surface area contributed by atoms with Gasteiger partial charge in [0.15, 0.2) is 0 Å². The van der Waals surface area contributed by atoms with Gasteiger partial charge in [-0.05, 0) is 33.2 Å². The monoisotopic (exact) mass is 239 g/mol. The van der Waals surface area contributed by atoms with Gasteiger partial charge in [0.1, 0.15) is 5.82 Å². The predicted octanol–water partition coefficient (Wildman–Crippen LogP) is 2.20. The quantitative estimate of drug-likeness (QED) is 0.671. The molecule has 4 heteroatoms. The second kappa shape index (κ2) is 8.25. The molecule has 1 N–H and O–H groups in total. The molecule has 0 bridgehead atoms. The molecule has 17 heavy (non-hydrogen) atoms. The number of rotatable bonds is 9. The summed E-state index contributed by atoms with van der Waals surface area (Å²) in [6, 6.07) is 0. The van der Waals surface area contributed by atoms with Crippen molar-refractivity contribution in [1.82, 2.24) is 14.9 Å². The van der Waals surface area contributed by atoms with Crippen LogP contribution in [0.15, 0.2) is 12.4 Å². The molecule has 1 aromatic rings. The van der Waals surface area contributed by atoms with Crippen molar-refractivity contribution in [3.05, 3.63) is 18.2 Å². The zero-order valence-electron chi connectivity index (χ0n) is 11.3. The smallest absolute Gasteiger partial charge is 0.122 e. The summed E-state index contributed by atoms with van der Waals surface area (Å²) in [5, 5.41) is 3.40. The van der Waals surface area contributed by atoms with Crippen molar-refractivity contribution in [2.75, 3.05) is 13.2 Å². The van der Waals surface area contributed by atoms with Gasteiger partial charge in [-0.25, -0.2) is 4.98 Å². The number of hydrogen-bond acceptors (Lipinski definition) is 3. The molecule has 4 nitrogen and oxygen atoms in total. The molecule has 0 saturated carbocycles. The van der Waals surface area contributed by atoms with E-state index in [-0.39, 0.29) is 0 Å². The highest BCUT2D eigenvalue weighted by molar-refractivity contribution is 4.91. The Morgan fingerprint density at radius 3 is 3.00 bits per heavy atom. The molecule has 98 valence electrons. The van der Waals surface area contributed by atoms with Crippen LogP contribution >= 0.6 is 0 Å². The van der Waals surface area contributed by atoms with Gasteiger partial charge in [-0.3, -0.25) is 0 Å². The third-order valence-electron chi connectivity index (χ3n) is 2.50. The van der Waals surface area contributed by atoms with E-state index in [0.29, 0.717) is 6.10 Å². The average molecular weight is 239 g/mol. The van der Waals surface area contributed by atoms with Gasteiger partial charge in [-0.15, -0.1) is 0 Å². The van der Waals surface area contributed by atoms with E-state index in [1.807, 2.05) is 12.4 Å². The number of nitrogens with zero attached hydrogens (tertiary/aromatic N) is 2. The molecular formula is C13H25N3O. The molecule has 1 rings (SSSR count). The Kier molecular flexibility index (Phi) is 6.89. The molecule has 0 fully saturated rings. The van der Waals surface area contributed by atoms with Crippen LogP contribution in [-0.2, 0) is 17.8 Å². The van der Waals surface area contributed by atoms with E-state index in [4.69, 9.17) is 4.74 Å². The Bertz CT molecular complexity index is 297. The summed E-state index contributed by atoms with van der Waals surface area (Å²) >= 11 is 0. The zero-order valence-corrected chi connectivity index (χ0v) is 11.3. The van der Waals surface area contributed by atoms with Crippen molar-refractivity contribution in [3.8, 4) is 0 Å². The highest BCUT2D eigenvalue weighted by Gasteiger charge is 2.00. The molecule has 0 aromatic carbocycles. The van der Waals surface area contributed by atoms with Gasteiger partial charge in [-0.1, -0.05) is 6.92 Å². The van der Waals surface area contributed by atoms with Gasteiger partial charge in [0.2, 0.25) is 0 Å². The van der Waals surface area contributed by atoms with Crippen molar-refractivity contribution in [1.29, 1.82) is 0 Å². The number of ether oxygens (including phenoxy) is 1. The Morgan fingerprint density at radius 2 is 2.29 bits per heavy atom. The van der Waals surface area contributed by atoms with Crippen LogP contribution in [0.25, 0.3) is 0 Å². The first kappa shape index (κ1) is 14.2. The lowest BCUT2D eigenvalue weighted by atomic mass is 10.4. The molecule has 0 aliphatic carbocycles. The first-order valence-corrected chi connectivity index (χ1v) is 6.56. The average Bonchev–Trinajstić information content (AvgIpc) is 2.71. The van der Waals surface area contributed by atoms with Crippen LogP contribution in [0.2, 0.25) is 0 Å². The number of nitrogens with one attached hydrogen (secondary N) is 1. The molecular weight excluding hydrogens is 214 g/mol. The first-order valence-electron chi connectivity index (χ1n) is 6.56. The van der Waals surface area contributed by atoms with Gasteiger partial charge < -0.3 is 14.6 Å².